The van der Waals surface area contributed by atoms with Crippen molar-refractivity contribution >= 4 is 15.9 Å². The molecule has 1 heterocycles. The number of aromatic nitrogens is 1. The van der Waals surface area contributed by atoms with Crippen molar-refractivity contribution in [1.82, 2.24) is 4.98 Å². The van der Waals surface area contributed by atoms with E-state index in [1.54, 1.807) is 0 Å². The summed E-state index contributed by atoms with van der Waals surface area (Å²) in [4.78, 5) is 3.30. The molecule has 0 saturated carbocycles. The standard InChI is InChI=1S/C8H5BrF5NO/c1-3-2-4(16-8(12,13)14)6(9)15-5(3)7(10)11/h2,7H,1H3. The second-order valence-corrected chi connectivity index (χ2v) is 3.58. The van der Waals surface area contributed by atoms with E-state index in [-0.39, 0.29) is 5.56 Å². The normalized spacial score (nSPS) is 12.0. The van der Waals surface area contributed by atoms with Crippen LogP contribution in [0.25, 0.3) is 0 Å². The fraction of sp³-hybridized carbons (Fsp3) is 0.375. The number of rotatable bonds is 2. The summed E-state index contributed by atoms with van der Waals surface area (Å²) in [6.07, 6.45) is -7.74. The Morgan fingerprint density at radius 2 is 1.94 bits per heavy atom. The number of alkyl halides is 5. The Balaban J connectivity index is 3.11. The molecule has 0 fully saturated rings. The minimum Gasteiger partial charge on any atom is -0.403 e. The second-order valence-electron chi connectivity index (χ2n) is 2.83. The summed E-state index contributed by atoms with van der Waals surface area (Å²) in [5.74, 6) is -0.644. The van der Waals surface area contributed by atoms with Crippen LogP contribution in [0.3, 0.4) is 0 Å². The molecule has 0 radical (unpaired) electrons. The van der Waals surface area contributed by atoms with Gasteiger partial charge >= 0.3 is 6.36 Å². The van der Waals surface area contributed by atoms with Gasteiger partial charge in [-0.25, -0.2) is 13.8 Å². The van der Waals surface area contributed by atoms with E-state index in [1.165, 1.54) is 6.92 Å². The Kier molecular flexibility index (Phi) is 3.72. The highest BCUT2D eigenvalue weighted by molar-refractivity contribution is 9.10. The monoisotopic (exact) mass is 305 g/mol. The zero-order valence-electron chi connectivity index (χ0n) is 7.78. The van der Waals surface area contributed by atoms with Crippen LogP contribution in [0.15, 0.2) is 10.7 Å². The van der Waals surface area contributed by atoms with Crippen molar-refractivity contribution in [3.8, 4) is 5.75 Å². The van der Waals surface area contributed by atoms with Gasteiger partial charge in [-0.3, -0.25) is 0 Å². The van der Waals surface area contributed by atoms with Crippen molar-refractivity contribution in [2.75, 3.05) is 0 Å². The third-order valence-electron chi connectivity index (χ3n) is 1.61. The van der Waals surface area contributed by atoms with E-state index < -0.39 is 28.8 Å². The van der Waals surface area contributed by atoms with Crippen molar-refractivity contribution < 1.29 is 26.7 Å². The number of hydrogen-bond acceptors (Lipinski definition) is 2. The topological polar surface area (TPSA) is 22.1 Å². The molecule has 1 aromatic rings. The molecule has 90 valence electrons. The molecule has 16 heavy (non-hydrogen) atoms. The first kappa shape index (κ1) is 13.1. The van der Waals surface area contributed by atoms with Crippen molar-refractivity contribution in [2.24, 2.45) is 0 Å². The first-order chi connectivity index (χ1) is 7.20. The summed E-state index contributed by atoms with van der Waals surface area (Å²) in [5.41, 5.74) is -0.654. The van der Waals surface area contributed by atoms with Crippen LogP contribution < -0.4 is 4.74 Å². The first-order valence-electron chi connectivity index (χ1n) is 3.91. The third kappa shape index (κ3) is 3.29. The number of nitrogens with zero attached hydrogens (tertiary/aromatic N) is 1. The van der Waals surface area contributed by atoms with E-state index in [2.05, 4.69) is 25.7 Å². The highest BCUT2D eigenvalue weighted by Gasteiger charge is 2.32. The van der Waals surface area contributed by atoms with Crippen molar-refractivity contribution in [1.29, 1.82) is 0 Å². The van der Waals surface area contributed by atoms with Crippen LogP contribution >= 0.6 is 15.9 Å². The molecule has 0 aliphatic rings. The number of aryl methyl sites for hydroxylation is 1. The van der Waals surface area contributed by atoms with Crippen LogP contribution in [-0.2, 0) is 0 Å². The zero-order chi connectivity index (χ0) is 12.5. The Morgan fingerprint density at radius 3 is 2.38 bits per heavy atom. The van der Waals surface area contributed by atoms with E-state index in [4.69, 9.17) is 0 Å². The maximum atomic E-state index is 12.3. The molecule has 0 aliphatic heterocycles. The van der Waals surface area contributed by atoms with Gasteiger partial charge in [0.25, 0.3) is 6.43 Å². The summed E-state index contributed by atoms with van der Waals surface area (Å²) < 4.78 is 63.5. The van der Waals surface area contributed by atoms with Gasteiger partial charge in [0, 0.05) is 0 Å². The molecule has 0 spiro atoms. The van der Waals surface area contributed by atoms with Crippen LogP contribution in [0, 0.1) is 6.92 Å². The predicted octanol–water partition coefficient (Wildman–Crippen LogP) is 3.99. The fourth-order valence-electron chi connectivity index (χ4n) is 0.996. The lowest BCUT2D eigenvalue weighted by Crippen LogP contribution is -2.18. The summed E-state index contributed by atoms with van der Waals surface area (Å²) >= 11 is 2.63. The minimum atomic E-state index is -4.89. The SMILES string of the molecule is Cc1cc(OC(F)(F)F)c(Br)nc1C(F)F. The molecular formula is C8H5BrF5NO. The number of halogens is 6. The average molecular weight is 306 g/mol. The predicted molar refractivity (Wildman–Crippen MR) is 48.3 cm³/mol. The largest absolute Gasteiger partial charge is 0.573 e. The van der Waals surface area contributed by atoms with E-state index >= 15 is 0 Å². The van der Waals surface area contributed by atoms with Crippen LogP contribution in [0.2, 0.25) is 0 Å². The molecule has 0 bridgehead atoms. The third-order valence-corrected chi connectivity index (χ3v) is 2.17. The number of hydrogen-bond donors (Lipinski definition) is 0. The van der Waals surface area contributed by atoms with E-state index in [0.29, 0.717) is 0 Å². The molecule has 0 saturated heterocycles. The van der Waals surface area contributed by atoms with Gasteiger partial charge in [-0.2, -0.15) is 0 Å². The van der Waals surface area contributed by atoms with Gasteiger partial charge in [0.2, 0.25) is 0 Å². The van der Waals surface area contributed by atoms with Crippen molar-refractivity contribution in [3.63, 3.8) is 0 Å². The van der Waals surface area contributed by atoms with E-state index in [0.717, 1.165) is 6.07 Å². The molecule has 0 unspecified atom stereocenters. The summed E-state index contributed by atoms with van der Waals surface area (Å²) in [5, 5.41) is 0. The second kappa shape index (κ2) is 4.52. The molecule has 0 aromatic carbocycles. The molecule has 2 nitrogen and oxygen atoms in total. The Morgan fingerprint density at radius 1 is 1.38 bits per heavy atom. The summed E-state index contributed by atoms with van der Waals surface area (Å²) in [7, 11) is 0. The molecule has 0 amide bonds. The van der Waals surface area contributed by atoms with Gasteiger partial charge in [0.05, 0.1) is 0 Å². The Hall–Kier alpha value is -0.920. The smallest absolute Gasteiger partial charge is 0.403 e. The van der Waals surface area contributed by atoms with Crippen LogP contribution in [0.5, 0.6) is 5.75 Å². The van der Waals surface area contributed by atoms with Gasteiger partial charge in [-0.15, -0.1) is 13.2 Å². The van der Waals surface area contributed by atoms with E-state index in [9.17, 15) is 22.0 Å². The van der Waals surface area contributed by atoms with Gasteiger partial charge in [0.1, 0.15) is 10.3 Å². The maximum absolute atomic E-state index is 12.3. The maximum Gasteiger partial charge on any atom is 0.573 e. The molecular weight excluding hydrogens is 301 g/mol. The van der Waals surface area contributed by atoms with Gasteiger partial charge < -0.3 is 4.74 Å². The fourth-order valence-corrected chi connectivity index (χ4v) is 1.38. The lowest BCUT2D eigenvalue weighted by atomic mass is 10.2. The van der Waals surface area contributed by atoms with Gasteiger partial charge in [0.15, 0.2) is 5.75 Å². The lowest BCUT2D eigenvalue weighted by molar-refractivity contribution is -0.275. The number of pyridine rings is 1. The summed E-state index contributed by atoms with van der Waals surface area (Å²) in [6.45, 7) is 1.23. The Labute approximate surface area is 95.6 Å². The van der Waals surface area contributed by atoms with E-state index in [1.807, 2.05) is 0 Å². The van der Waals surface area contributed by atoms with Crippen molar-refractivity contribution in [3.05, 3.63) is 21.9 Å². The minimum absolute atomic E-state index is 0.0718. The molecule has 0 N–H and O–H groups in total. The molecule has 8 heteroatoms. The van der Waals surface area contributed by atoms with Crippen molar-refractivity contribution in [2.45, 2.75) is 19.7 Å². The van der Waals surface area contributed by atoms with Gasteiger partial charge in [-0.1, -0.05) is 0 Å². The Bertz CT molecular complexity index is 393. The quantitative estimate of drug-likeness (QED) is 0.609. The molecule has 1 rings (SSSR count). The van der Waals surface area contributed by atoms with Crippen LogP contribution in [0.1, 0.15) is 17.7 Å². The number of ether oxygens (including phenoxy) is 1. The first-order valence-corrected chi connectivity index (χ1v) is 4.71. The van der Waals surface area contributed by atoms with Gasteiger partial charge in [-0.05, 0) is 34.5 Å². The highest BCUT2D eigenvalue weighted by atomic mass is 79.9. The molecule has 0 atom stereocenters. The van der Waals surface area contributed by atoms with Crippen LogP contribution in [0.4, 0.5) is 22.0 Å². The summed E-state index contributed by atoms with van der Waals surface area (Å²) in [6, 6.07) is 0.853. The average Bonchev–Trinajstić information content (AvgIpc) is 2.07. The van der Waals surface area contributed by atoms with Crippen LogP contribution in [-0.4, -0.2) is 11.3 Å². The molecule has 0 aliphatic carbocycles. The zero-order valence-corrected chi connectivity index (χ0v) is 9.36. The highest BCUT2D eigenvalue weighted by Crippen LogP contribution is 2.33. The molecule has 1 aromatic heterocycles. The lowest BCUT2D eigenvalue weighted by Gasteiger charge is -2.12.